The number of aliphatic hydroxyl groups excluding tert-OH is 4. The summed E-state index contributed by atoms with van der Waals surface area (Å²) in [6.07, 6.45) is 6.91. The lowest BCUT2D eigenvalue weighted by atomic mass is 9.35. The highest BCUT2D eigenvalue weighted by Gasteiger charge is 2.72. The van der Waals surface area contributed by atoms with Gasteiger partial charge in [-0.25, -0.2) is 0 Å². The standard InChI is InChI=1S/C30H52O5/c1-18(17-31)9-8-13-30(7,35)24-19-10-11-22-27(4)14-12-23(34)26(2,3)25(27)21(33)16-29(22,6)28(19,5)15-20(24)32/h9,19-25,31-35H,8,10-17H2,1-7H3/b18-9-/t19-,20-,21+,22-,23+,24-,25-,27-,28-,29-,30+/m1/s1. The van der Waals surface area contributed by atoms with E-state index >= 15 is 0 Å². The molecule has 202 valence electrons. The number of aliphatic hydroxyl groups is 5. The van der Waals surface area contributed by atoms with Gasteiger partial charge in [-0.15, -0.1) is 0 Å². The minimum Gasteiger partial charge on any atom is -0.393 e. The van der Waals surface area contributed by atoms with E-state index in [0.29, 0.717) is 31.6 Å². The third-order valence-corrected chi connectivity index (χ3v) is 12.4. The molecule has 0 heterocycles. The maximum absolute atomic E-state index is 11.7. The summed E-state index contributed by atoms with van der Waals surface area (Å²) in [6.45, 7) is 15.2. The zero-order valence-electron chi connectivity index (χ0n) is 23.2. The molecule has 4 aliphatic carbocycles. The van der Waals surface area contributed by atoms with Crippen LogP contribution in [0.4, 0.5) is 0 Å². The molecule has 0 spiro atoms. The molecule has 0 saturated heterocycles. The molecule has 0 radical (unpaired) electrons. The number of allylic oxidation sites excluding steroid dienone is 1. The van der Waals surface area contributed by atoms with E-state index in [4.69, 9.17) is 0 Å². The number of rotatable bonds is 5. The van der Waals surface area contributed by atoms with Crippen molar-refractivity contribution in [2.75, 3.05) is 6.61 Å². The lowest BCUT2D eigenvalue weighted by Crippen LogP contribution is -2.68. The van der Waals surface area contributed by atoms with Gasteiger partial charge in [0, 0.05) is 5.92 Å². The van der Waals surface area contributed by atoms with Crippen molar-refractivity contribution in [2.45, 2.75) is 124 Å². The van der Waals surface area contributed by atoms with Crippen LogP contribution in [0.15, 0.2) is 11.6 Å². The van der Waals surface area contributed by atoms with Crippen LogP contribution in [0, 0.1) is 45.3 Å². The summed E-state index contributed by atoms with van der Waals surface area (Å²) in [5, 5.41) is 55.0. The Labute approximate surface area is 213 Å². The van der Waals surface area contributed by atoms with Crippen molar-refractivity contribution in [1.82, 2.24) is 0 Å². The Morgan fingerprint density at radius 3 is 2.20 bits per heavy atom. The molecule has 5 heteroatoms. The quantitative estimate of drug-likeness (QED) is 0.365. The summed E-state index contributed by atoms with van der Waals surface area (Å²) >= 11 is 0. The monoisotopic (exact) mass is 492 g/mol. The third kappa shape index (κ3) is 3.90. The van der Waals surface area contributed by atoms with Gasteiger partial charge in [0.1, 0.15) is 0 Å². The molecule has 5 nitrogen and oxygen atoms in total. The number of hydrogen-bond acceptors (Lipinski definition) is 5. The van der Waals surface area contributed by atoms with Gasteiger partial charge >= 0.3 is 0 Å². The van der Waals surface area contributed by atoms with Crippen molar-refractivity contribution < 1.29 is 25.5 Å². The van der Waals surface area contributed by atoms with E-state index in [1.165, 1.54) is 0 Å². The molecule has 11 atom stereocenters. The van der Waals surface area contributed by atoms with Crippen molar-refractivity contribution in [3.8, 4) is 0 Å². The van der Waals surface area contributed by atoms with Crippen molar-refractivity contribution in [2.24, 2.45) is 45.3 Å². The van der Waals surface area contributed by atoms with Crippen LogP contribution in [0.3, 0.4) is 0 Å². The first kappa shape index (κ1) is 27.6. The summed E-state index contributed by atoms with van der Waals surface area (Å²) < 4.78 is 0. The van der Waals surface area contributed by atoms with Crippen LogP contribution in [0.25, 0.3) is 0 Å². The molecule has 0 amide bonds. The van der Waals surface area contributed by atoms with Gasteiger partial charge in [-0.3, -0.25) is 0 Å². The van der Waals surface area contributed by atoms with E-state index in [1.807, 2.05) is 19.9 Å². The molecular formula is C30H52O5. The van der Waals surface area contributed by atoms with Crippen LogP contribution < -0.4 is 0 Å². The average Bonchev–Trinajstić information content (AvgIpc) is 3.02. The largest absolute Gasteiger partial charge is 0.393 e. The highest BCUT2D eigenvalue weighted by molar-refractivity contribution is 5.21. The van der Waals surface area contributed by atoms with Gasteiger partial charge in [0.2, 0.25) is 0 Å². The third-order valence-electron chi connectivity index (χ3n) is 12.4. The molecular weight excluding hydrogens is 440 g/mol. The lowest BCUT2D eigenvalue weighted by Gasteiger charge is -2.70. The first-order chi connectivity index (χ1) is 16.1. The van der Waals surface area contributed by atoms with Crippen LogP contribution in [0.1, 0.15) is 99.8 Å². The maximum atomic E-state index is 11.7. The van der Waals surface area contributed by atoms with Gasteiger partial charge in [0.05, 0.1) is 30.5 Å². The molecule has 0 aromatic rings. The van der Waals surface area contributed by atoms with Crippen LogP contribution in [0.5, 0.6) is 0 Å². The molecule has 0 bridgehead atoms. The first-order valence-corrected chi connectivity index (χ1v) is 14.1. The maximum Gasteiger partial charge on any atom is 0.0678 e. The topological polar surface area (TPSA) is 101 Å². The summed E-state index contributed by atoms with van der Waals surface area (Å²) in [5.41, 5.74) is -0.776. The van der Waals surface area contributed by atoms with Crippen molar-refractivity contribution in [3.05, 3.63) is 11.6 Å². The Hall–Kier alpha value is -0.460. The minimum absolute atomic E-state index is 0.0323. The van der Waals surface area contributed by atoms with E-state index in [2.05, 4.69) is 34.6 Å². The van der Waals surface area contributed by atoms with Crippen molar-refractivity contribution >= 4 is 0 Å². The Balaban J connectivity index is 1.67. The van der Waals surface area contributed by atoms with Gasteiger partial charge in [-0.2, -0.15) is 0 Å². The Kier molecular flexibility index (Phi) is 6.93. The van der Waals surface area contributed by atoms with E-state index in [-0.39, 0.29) is 52.1 Å². The first-order valence-electron chi connectivity index (χ1n) is 14.1. The molecule has 4 fully saturated rings. The molecule has 0 unspecified atom stereocenters. The Morgan fingerprint density at radius 2 is 1.57 bits per heavy atom. The fourth-order valence-corrected chi connectivity index (χ4v) is 10.6. The van der Waals surface area contributed by atoms with Gasteiger partial charge in [-0.05, 0) is 105 Å². The SMILES string of the molecule is C/C(=C/CC[C@](C)(O)[C@H]1[C@H](O)C[C@]2(C)[C@@H]1CC[C@@H]1[C@@]3(C)CC[C@H](O)C(C)(C)[C@H]3[C@@H](O)C[C@]12C)CO. The van der Waals surface area contributed by atoms with Crippen LogP contribution in [0.2, 0.25) is 0 Å². The van der Waals surface area contributed by atoms with E-state index in [9.17, 15) is 25.5 Å². The van der Waals surface area contributed by atoms with Crippen LogP contribution >= 0.6 is 0 Å². The minimum atomic E-state index is -0.992. The second-order valence-electron chi connectivity index (χ2n) is 14.6. The second kappa shape index (κ2) is 8.80. The Bertz CT molecular complexity index is 835. The van der Waals surface area contributed by atoms with E-state index < -0.39 is 17.8 Å². The van der Waals surface area contributed by atoms with Crippen molar-refractivity contribution in [1.29, 1.82) is 0 Å². The Morgan fingerprint density at radius 1 is 0.943 bits per heavy atom. The van der Waals surface area contributed by atoms with Gasteiger partial charge in [0.15, 0.2) is 0 Å². The molecule has 4 rings (SSSR count). The zero-order chi connectivity index (χ0) is 26.2. The zero-order valence-corrected chi connectivity index (χ0v) is 23.2. The van der Waals surface area contributed by atoms with Crippen LogP contribution in [-0.2, 0) is 0 Å². The summed E-state index contributed by atoms with van der Waals surface area (Å²) in [7, 11) is 0. The van der Waals surface area contributed by atoms with Gasteiger partial charge in [0.25, 0.3) is 0 Å². The summed E-state index contributed by atoms with van der Waals surface area (Å²) in [6, 6.07) is 0. The van der Waals surface area contributed by atoms with Crippen LogP contribution in [-0.4, -0.2) is 56.1 Å². The molecule has 4 aliphatic rings. The molecule has 0 aromatic carbocycles. The fraction of sp³-hybridized carbons (Fsp3) is 0.933. The highest BCUT2D eigenvalue weighted by Crippen LogP contribution is 2.75. The van der Waals surface area contributed by atoms with Crippen molar-refractivity contribution in [3.63, 3.8) is 0 Å². The molecule has 0 aromatic heterocycles. The predicted molar refractivity (Wildman–Crippen MR) is 138 cm³/mol. The lowest BCUT2D eigenvalue weighted by molar-refractivity contribution is -0.258. The molecule has 5 N–H and O–H groups in total. The predicted octanol–water partition coefficient (Wildman–Crippen LogP) is 4.44. The summed E-state index contributed by atoms with van der Waals surface area (Å²) in [5.74, 6) is 0.484. The summed E-state index contributed by atoms with van der Waals surface area (Å²) in [4.78, 5) is 0. The van der Waals surface area contributed by atoms with E-state index in [0.717, 1.165) is 31.3 Å². The smallest absolute Gasteiger partial charge is 0.0678 e. The molecule has 35 heavy (non-hydrogen) atoms. The number of hydrogen-bond donors (Lipinski definition) is 5. The number of fused-ring (bicyclic) bond motifs is 5. The second-order valence-corrected chi connectivity index (χ2v) is 14.6. The van der Waals surface area contributed by atoms with E-state index in [1.54, 1.807) is 0 Å². The normalized spacial score (nSPS) is 51.2. The molecule has 0 aliphatic heterocycles. The average molecular weight is 493 g/mol. The van der Waals surface area contributed by atoms with Gasteiger partial charge < -0.3 is 25.5 Å². The highest BCUT2D eigenvalue weighted by atomic mass is 16.3. The fourth-order valence-electron chi connectivity index (χ4n) is 10.6. The van der Waals surface area contributed by atoms with Gasteiger partial charge in [-0.1, -0.05) is 46.3 Å². The molecule has 4 saturated carbocycles.